The smallest absolute Gasteiger partial charge is 0.159 e. The molecule has 0 spiro atoms. The zero-order chi connectivity index (χ0) is 12.0. The predicted molar refractivity (Wildman–Crippen MR) is 66.1 cm³/mol. The van der Waals surface area contributed by atoms with Crippen LogP contribution in [0.3, 0.4) is 0 Å². The van der Waals surface area contributed by atoms with Crippen molar-refractivity contribution in [2.75, 3.05) is 7.11 Å². The number of ether oxygens (including phenoxy) is 1. The summed E-state index contributed by atoms with van der Waals surface area (Å²) in [5, 5.41) is 0.614. The first kappa shape index (κ1) is 12.8. The van der Waals surface area contributed by atoms with E-state index in [1.54, 1.807) is 31.4 Å². The van der Waals surface area contributed by atoms with Crippen LogP contribution in [0.4, 0.5) is 0 Å². The van der Waals surface area contributed by atoms with Gasteiger partial charge < -0.3 is 4.74 Å². The van der Waals surface area contributed by atoms with Gasteiger partial charge in [0.2, 0.25) is 0 Å². The van der Waals surface area contributed by atoms with Gasteiger partial charge in [0, 0.05) is 17.0 Å². The lowest BCUT2D eigenvalue weighted by molar-refractivity contribution is -0.114. The van der Waals surface area contributed by atoms with E-state index < -0.39 is 0 Å². The lowest BCUT2D eigenvalue weighted by atomic mass is 10.1. The van der Waals surface area contributed by atoms with Crippen molar-refractivity contribution in [3.63, 3.8) is 0 Å². The molecule has 0 aliphatic carbocycles. The van der Waals surface area contributed by atoms with Crippen molar-refractivity contribution in [3.8, 4) is 5.75 Å². The molecule has 0 saturated heterocycles. The third-order valence-electron chi connectivity index (χ3n) is 2.15. The number of hydrogen-bond donors (Lipinski definition) is 0. The van der Waals surface area contributed by atoms with Gasteiger partial charge in [-0.15, -0.1) is 0 Å². The van der Waals surface area contributed by atoms with Crippen molar-refractivity contribution in [3.05, 3.63) is 40.9 Å². The van der Waals surface area contributed by atoms with Crippen LogP contribution < -0.4 is 4.74 Å². The summed E-state index contributed by atoms with van der Waals surface area (Å²) in [6, 6.07) is 5.28. The number of halogens is 1. The molecule has 1 aromatic carbocycles. The molecule has 1 rings (SSSR count). The van der Waals surface area contributed by atoms with Crippen molar-refractivity contribution >= 4 is 17.4 Å². The fourth-order valence-corrected chi connectivity index (χ4v) is 1.58. The van der Waals surface area contributed by atoms with Gasteiger partial charge in [-0.25, -0.2) is 0 Å². The SMILES string of the molecule is CC/C=C/C(=O)Cc1cc(Cl)ccc1OC. The zero-order valence-corrected chi connectivity index (χ0v) is 10.3. The largest absolute Gasteiger partial charge is 0.496 e. The Bertz CT molecular complexity index is 397. The Kier molecular flexibility index (Phi) is 5.06. The van der Waals surface area contributed by atoms with Crippen LogP contribution in [0.2, 0.25) is 5.02 Å². The van der Waals surface area contributed by atoms with Gasteiger partial charge >= 0.3 is 0 Å². The molecule has 1 aromatic rings. The molecule has 0 bridgehead atoms. The second-order valence-corrected chi connectivity index (χ2v) is 3.85. The molecule has 16 heavy (non-hydrogen) atoms. The number of carbonyl (C=O) groups excluding carboxylic acids is 1. The summed E-state index contributed by atoms with van der Waals surface area (Å²) in [6.45, 7) is 1.99. The van der Waals surface area contributed by atoms with Crippen molar-refractivity contribution in [1.82, 2.24) is 0 Å². The molecule has 0 heterocycles. The Balaban J connectivity index is 2.83. The van der Waals surface area contributed by atoms with Crippen LogP contribution in [-0.4, -0.2) is 12.9 Å². The molecule has 86 valence electrons. The van der Waals surface area contributed by atoms with Gasteiger partial charge in [0.1, 0.15) is 5.75 Å². The number of methoxy groups -OCH3 is 1. The van der Waals surface area contributed by atoms with Gasteiger partial charge in [-0.05, 0) is 30.7 Å². The van der Waals surface area contributed by atoms with Crippen molar-refractivity contribution in [2.24, 2.45) is 0 Å². The molecule has 0 unspecified atom stereocenters. The van der Waals surface area contributed by atoms with Crippen molar-refractivity contribution in [2.45, 2.75) is 19.8 Å². The molecule has 0 saturated carbocycles. The lowest BCUT2D eigenvalue weighted by Crippen LogP contribution is -2.01. The second-order valence-electron chi connectivity index (χ2n) is 3.41. The Morgan fingerprint density at radius 1 is 1.50 bits per heavy atom. The van der Waals surface area contributed by atoms with Crippen molar-refractivity contribution in [1.29, 1.82) is 0 Å². The predicted octanol–water partition coefficient (Wildman–Crippen LogP) is 3.43. The number of rotatable bonds is 5. The van der Waals surface area contributed by atoms with Gasteiger partial charge in [-0.1, -0.05) is 24.6 Å². The van der Waals surface area contributed by atoms with E-state index in [-0.39, 0.29) is 5.78 Å². The van der Waals surface area contributed by atoms with Crippen LogP contribution in [0.25, 0.3) is 0 Å². The van der Waals surface area contributed by atoms with Gasteiger partial charge in [0.25, 0.3) is 0 Å². The quantitative estimate of drug-likeness (QED) is 0.735. The van der Waals surface area contributed by atoms with Crippen LogP contribution in [0.5, 0.6) is 5.75 Å². The third-order valence-corrected chi connectivity index (χ3v) is 2.38. The summed E-state index contributed by atoms with van der Waals surface area (Å²) in [4.78, 5) is 11.6. The van der Waals surface area contributed by atoms with Crippen LogP contribution >= 0.6 is 11.6 Å². The molecule has 0 radical (unpaired) electrons. The Morgan fingerprint density at radius 2 is 2.25 bits per heavy atom. The summed E-state index contributed by atoms with van der Waals surface area (Å²) in [6.07, 6.45) is 4.62. The van der Waals surface area contributed by atoms with Gasteiger partial charge in [0.15, 0.2) is 5.78 Å². The number of allylic oxidation sites excluding steroid dienone is 2. The van der Waals surface area contributed by atoms with E-state index in [9.17, 15) is 4.79 Å². The monoisotopic (exact) mass is 238 g/mol. The average Bonchev–Trinajstić information content (AvgIpc) is 2.27. The maximum absolute atomic E-state index is 11.6. The molecule has 0 aliphatic rings. The second kappa shape index (κ2) is 6.33. The van der Waals surface area contributed by atoms with E-state index in [0.717, 1.165) is 12.0 Å². The first-order valence-corrected chi connectivity index (χ1v) is 5.57. The summed E-state index contributed by atoms with van der Waals surface area (Å²) in [5.41, 5.74) is 0.820. The van der Waals surface area contributed by atoms with Crippen LogP contribution in [-0.2, 0) is 11.2 Å². The van der Waals surface area contributed by atoms with Gasteiger partial charge in [-0.3, -0.25) is 4.79 Å². The highest BCUT2D eigenvalue weighted by Gasteiger charge is 2.07. The zero-order valence-electron chi connectivity index (χ0n) is 9.50. The number of carbonyl (C=O) groups is 1. The highest BCUT2D eigenvalue weighted by atomic mass is 35.5. The number of ketones is 1. The molecule has 0 atom stereocenters. The normalized spacial score (nSPS) is 10.7. The molecule has 0 N–H and O–H groups in total. The first-order valence-electron chi connectivity index (χ1n) is 5.19. The molecular formula is C13H15ClO2. The number of hydrogen-bond acceptors (Lipinski definition) is 2. The Labute approximate surface area is 101 Å². The summed E-state index contributed by atoms with van der Waals surface area (Å²) < 4.78 is 5.17. The van der Waals surface area contributed by atoms with Gasteiger partial charge in [0.05, 0.1) is 7.11 Å². The van der Waals surface area contributed by atoms with Crippen LogP contribution in [0.1, 0.15) is 18.9 Å². The Hall–Kier alpha value is -1.28. The highest BCUT2D eigenvalue weighted by Crippen LogP contribution is 2.23. The molecule has 3 heteroatoms. The van der Waals surface area contributed by atoms with E-state index >= 15 is 0 Å². The standard InChI is InChI=1S/C13H15ClO2/c1-3-4-5-12(15)9-10-8-11(14)6-7-13(10)16-2/h4-8H,3,9H2,1-2H3/b5-4+. The topological polar surface area (TPSA) is 26.3 Å². The van der Waals surface area contributed by atoms with Gasteiger partial charge in [-0.2, -0.15) is 0 Å². The molecule has 0 fully saturated rings. The van der Waals surface area contributed by atoms with E-state index in [0.29, 0.717) is 17.2 Å². The minimum absolute atomic E-state index is 0.0578. The van der Waals surface area contributed by atoms with E-state index in [2.05, 4.69) is 0 Å². The fraction of sp³-hybridized carbons (Fsp3) is 0.308. The first-order chi connectivity index (χ1) is 7.67. The average molecular weight is 239 g/mol. The summed E-state index contributed by atoms with van der Waals surface area (Å²) in [5.74, 6) is 0.755. The summed E-state index contributed by atoms with van der Waals surface area (Å²) >= 11 is 5.88. The third kappa shape index (κ3) is 3.70. The fourth-order valence-electron chi connectivity index (χ4n) is 1.38. The maximum Gasteiger partial charge on any atom is 0.159 e. The lowest BCUT2D eigenvalue weighted by Gasteiger charge is -2.06. The minimum atomic E-state index is 0.0578. The van der Waals surface area contributed by atoms with E-state index in [1.165, 1.54) is 0 Å². The van der Waals surface area contributed by atoms with Crippen LogP contribution in [0, 0.1) is 0 Å². The molecule has 2 nitrogen and oxygen atoms in total. The Morgan fingerprint density at radius 3 is 2.88 bits per heavy atom. The molecular weight excluding hydrogens is 224 g/mol. The molecule has 0 aromatic heterocycles. The molecule has 0 amide bonds. The maximum atomic E-state index is 11.6. The minimum Gasteiger partial charge on any atom is -0.496 e. The van der Waals surface area contributed by atoms with E-state index in [1.807, 2.05) is 13.0 Å². The summed E-state index contributed by atoms with van der Waals surface area (Å²) in [7, 11) is 1.58. The van der Waals surface area contributed by atoms with Crippen LogP contribution in [0.15, 0.2) is 30.4 Å². The highest BCUT2D eigenvalue weighted by molar-refractivity contribution is 6.30. The number of benzene rings is 1. The van der Waals surface area contributed by atoms with Crippen molar-refractivity contribution < 1.29 is 9.53 Å². The van der Waals surface area contributed by atoms with E-state index in [4.69, 9.17) is 16.3 Å². The molecule has 0 aliphatic heterocycles.